The first-order chi connectivity index (χ1) is 20.3. The van der Waals surface area contributed by atoms with Crippen LogP contribution in [0.1, 0.15) is 36.1 Å². The summed E-state index contributed by atoms with van der Waals surface area (Å²) >= 11 is 0. The molecule has 0 N–H and O–H groups in total. The van der Waals surface area contributed by atoms with Crippen LogP contribution in [0.3, 0.4) is 0 Å². The molecule has 0 unspecified atom stereocenters. The SMILES string of the molecule is C=CC(C=C)=CC=CC.C=CC=Cc1ccccc1.C=COC(C)=O.C=Cc1ccccc1.C=Cc1ccccc1C. The molecule has 218 valence electrons. The molecule has 3 aromatic carbocycles. The summed E-state index contributed by atoms with van der Waals surface area (Å²) in [6.45, 7) is 26.7. The van der Waals surface area contributed by atoms with Gasteiger partial charge in [0.05, 0.1) is 6.26 Å². The van der Waals surface area contributed by atoms with Crippen LogP contribution in [0.4, 0.5) is 0 Å². The van der Waals surface area contributed by atoms with E-state index in [1.807, 2.05) is 110 Å². The highest BCUT2D eigenvalue weighted by Gasteiger charge is 1.86. The quantitative estimate of drug-likeness (QED) is 0.156. The van der Waals surface area contributed by atoms with Crippen LogP contribution in [-0.4, -0.2) is 5.97 Å². The van der Waals surface area contributed by atoms with Crippen molar-refractivity contribution in [1.29, 1.82) is 0 Å². The maximum Gasteiger partial charge on any atom is 0.307 e. The van der Waals surface area contributed by atoms with Gasteiger partial charge in [-0.2, -0.15) is 0 Å². The number of ether oxygens (including phenoxy) is 1. The molecule has 3 aromatic rings. The molecule has 3 rings (SSSR count). The third-order valence-electron chi connectivity index (χ3n) is 4.87. The molecule has 0 aromatic heterocycles. The van der Waals surface area contributed by atoms with Crippen LogP contribution >= 0.6 is 0 Å². The lowest BCUT2D eigenvalue weighted by Gasteiger charge is -1.95. The lowest BCUT2D eigenvalue weighted by molar-refractivity contribution is -0.135. The minimum Gasteiger partial charge on any atom is -0.435 e. The van der Waals surface area contributed by atoms with E-state index < -0.39 is 0 Å². The van der Waals surface area contributed by atoms with Gasteiger partial charge in [-0.15, -0.1) is 0 Å². The second-order valence-corrected chi connectivity index (χ2v) is 8.06. The van der Waals surface area contributed by atoms with Crippen molar-refractivity contribution >= 4 is 24.2 Å². The Morgan fingerprint density at radius 3 is 1.55 bits per heavy atom. The van der Waals surface area contributed by atoms with Crippen LogP contribution in [0, 0.1) is 6.92 Å². The summed E-state index contributed by atoms with van der Waals surface area (Å²) in [5.41, 5.74) is 5.94. The number of rotatable bonds is 8. The number of benzene rings is 3. The molecule has 0 fully saturated rings. The zero-order valence-electron chi connectivity index (χ0n) is 25.5. The topological polar surface area (TPSA) is 26.3 Å². The van der Waals surface area contributed by atoms with Gasteiger partial charge in [-0.1, -0.05) is 185 Å². The number of carbonyl (C=O) groups is 1. The average Bonchev–Trinajstić information content (AvgIpc) is 3.03. The first kappa shape index (κ1) is 38.9. The zero-order chi connectivity index (χ0) is 31.8. The van der Waals surface area contributed by atoms with Crippen molar-refractivity contribution in [1.82, 2.24) is 0 Å². The Morgan fingerprint density at radius 1 is 0.690 bits per heavy atom. The van der Waals surface area contributed by atoms with Crippen molar-refractivity contribution in [3.63, 3.8) is 0 Å². The third-order valence-corrected chi connectivity index (χ3v) is 4.87. The van der Waals surface area contributed by atoms with Crippen molar-refractivity contribution in [3.05, 3.63) is 201 Å². The largest absolute Gasteiger partial charge is 0.435 e. The highest BCUT2D eigenvalue weighted by Crippen LogP contribution is 2.06. The second kappa shape index (κ2) is 28.8. The summed E-state index contributed by atoms with van der Waals surface area (Å²) in [6, 6.07) is 28.4. The van der Waals surface area contributed by atoms with E-state index in [0.717, 1.165) is 11.8 Å². The molecule has 0 bridgehead atoms. The number of carbonyl (C=O) groups excluding carboxylic acids is 1. The molecule has 0 atom stereocenters. The molecule has 0 aliphatic rings. The lowest BCUT2D eigenvalue weighted by Crippen LogP contribution is -1.87. The fourth-order valence-electron chi connectivity index (χ4n) is 2.69. The normalized spacial score (nSPS) is 8.83. The van der Waals surface area contributed by atoms with Gasteiger partial charge in [0, 0.05) is 6.92 Å². The van der Waals surface area contributed by atoms with E-state index in [4.69, 9.17) is 0 Å². The zero-order valence-corrected chi connectivity index (χ0v) is 25.5. The maximum absolute atomic E-state index is 9.75. The number of hydrogen-bond acceptors (Lipinski definition) is 2. The van der Waals surface area contributed by atoms with E-state index in [0.29, 0.717) is 0 Å². The fourth-order valence-corrected chi connectivity index (χ4v) is 2.69. The summed E-state index contributed by atoms with van der Waals surface area (Å²) < 4.78 is 4.17. The molecular weight excluding hydrogens is 512 g/mol. The first-order valence-corrected chi connectivity index (χ1v) is 13.4. The van der Waals surface area contributed by atoms with Gasteiger partial charge in [-0.25, -0.2) is 0 Å². The number of esters is 1. The van der Waals surface area contributed by atoms with Gasteiger partial charge in [-0.3, -0.25) is 4.79 Å². The minimum absolute atomic E-state index is 0.329. The van der Waals surface area contributed by atoms with Gasteiger partial charge < -0.3 is 4.74 Å². The van der Waals surface area contributed by atoms with Crippen LogP contribution in [-0.2, 0) is 9.53 Å². The average molecular weight is 559 g/mol. The summed E-state index contributed by atoms with van der Waals surface area (Å²) in [7, 11) is 0. The second-order valence-electron chi connectivity index (χ2n) is 8.06. The first-order valence-electron chi connectivity index (χ1n) is 13.4. The molecule has 0 aliphatic carbocycles. The van der Waals surface area contributed by atoms with Gasteiger partial charge >= 0.3 is 5.97 Å². The molecule has 0 saturated carbocycles. The van der Waals surface area contributed by atoms with E-state index in [-0.39, 0.29) is 5.97 Å². The van der Waals surface area contributed by atoms with Gasteiger partial charge in [0.15, 0.2) is 0 Å². The molecule has 0 heterocycles. The Kier molecular flexibility index (Phi) is 26.7. The van der Waals surface area contributed by atoms with Crippen LogP contribution < -0.4 is 0 Å². The summed E-state index contributed by atoms with van der Waals surface area (Å²) in [5, 5.41) is 0. The Balaban J connectivity index is 0. The molecule has 0 spiro atoms. The fraction of sp³-hybridized carbons (Fsp3) is 0.0750. The van der Waals surface area contributed by atoms with E-state index in [1.165, 1.54) is 29.2 Å². The Bertz CT molecular complexity index is 1260. The molecule has 2 nitrogen and oxygen atoms in total. The molecule has 0 saturated heterocycles. The number of aryl methyl sites for hydroxylation is 1. The molecule has 0 aliphatic heterocycles. The smallest absolute Gasteiger partial charge is 0.307 e. The predicted octanol–water partition coefficient (Wildman–Crippen LogP) is 11.4. The Hall–Kier alpha value is -5.21. The summed E-state index contributed by atoms with van der Waals surface area (Å²) in [5.74, 6) is -0.329. The third kappa shape index (κ3) is 23.9. The van der Waals surface area contributed by atoms with Crippen molar-refractivity contribution in [3.8, 4) is 0 Å². The van der Waals surface area contributed by atoms with Gasteiger partial charge in [0.1, 0.15) is 0 Å². The molecule has 42 heavy (non-hydrogen) atoms. The minimum atomic E-state index is -0.329. The highest BCUT2D eigenvalue weighted by molar-refractivity contribution is 5.66. The van der Waals surface area contributed by atoms with Crippen LogP contribution in [0.2, 0.25) is 0 Å². The molecule has 0 radical (unpaired) electrons. The maximum atomic E-state index is 9.75. The molecule has 0 amide bonds. The summed E-state index contributed by atoms with van der Waals surface area (Å²) in [4.78, 5) is 9.75. The highest BCUT2D eigenvalue weighted by atomic mass is 16.5. The van der Waals surface area contributed by atoms with Crippen molar-refractivity contribution in [2.24, 2.45) is 0 Å². The van der Waals surface area contributed by atoms with Gasteiger partial charge in [0.2, 0.25) is 0 Å². The number of hydrogen-bond donors (Lipinski definition) is 0. The van der Waals surface area contributed by atoms with E-state index in [2.05, 4.69) is 75.4 Å². The monoisotopic (exact) mass is 558 g/mol. The standard InChI is InChI=1S/C10H10.C9H10.C9H12.C8H8.C4H6O2/c1-2-3-7-10-8-5-4-6-9-10;1-3-9-7-5-4-6-8(9)2;1-4-7-8-9(5-2)6-3;1-2-8-6-4-3-5-7-8;1-3-6-4(2)5/h2-9H,1H2;3-7H,1H2,2H3;4-8H,2-3H2,1H3;2-7H,1H2;3H,1H2,2H3. The van der Waals surface area contributed by atoms with Crippen molar-refractivity contribution in [2.45, 2.75) is 20.8 Å². The van der Waals surface area contributed by atoms with E-state index >= 15 is 0 Å². The Labute approximate surface area is 255 Å². The lowest BCUT2D eigenvalue weighted by atomic mass is 10.1. The van der Waals surface area contributed by atoms with Gasteiger partial charge in [0.25, 0.3) is 0 Å². The van der Waals surface area contributed by atoms with Crippen LogP contribution in [0.5, 0.6) is 0 Å². The van der Waals surface area contributed by atoms with Crippen molar-refractivity contribution < 1.29 is 9.53 Å². The van der Waals surface area contributed by atoms with Crippen molar-refractivity contribution in [2.75, 3.05) is 0 Å². The van der Waals surface area contributed by atoms with Crippen LogP contribution in [0.15, 0.2) is 179 Å². The Morgan fingerprint density at radius 2 is 1.21 bits per heavy atom. The summed E-state index contributed by atoms with van der Waals surface area (Å²) in [6.07, 6.45) is 19.9. The van der Waals surface area contributed by atoms with E-state index in [9.17, 15) is 4.79 Å². The van der Waals surface area contributed by atoms with Gasteiger partial charge in [-0.05, 0) is 41.7 Å². The van der Waals surface area contributed by atoms with E-state index in [1.54, 1.807) is 18.2 Å². The number of allylic oxidation sites excluding steroid dienone is 8. The predicted molar refractivity (Wildman–Crippen MR) is 189 cm³/mol. The molecular formula is C40H46O2. The van der Waals surface area contributed by atoms with Crippen LogP contribution in [0.25, 0.3) is 18.2 Å². The molecule has 2 heteroatoms.